The van der Waals surface area contributed by atoms with Crippen LogP contribution in [0.2, 0.25) is 9.36 Å². The number of benzene rings is 1. The van der Waals surface area contributed by atoms with E-state index in [4.69, 9.17) is 23.2 Å². The Hall–Kier alpha value is -0.480. The predicted molar refractivity (Wildman–Crippen MR) is 85.9 cm³/mol. The highest BCUT2D eigenvalue weighted by molar-refractivity contribution is 7.99. The van der Waals surface area contributed by atoms with Crippen molar-refractivity contribution in [3.05, 3.63) is 56.2 Å². The minimum absolute atomic E-state index is 0.0783. The fraction of sp³-hybridized carbons (Fsp3) is 0.214. The maximum absolute atomic E-state index is 12.1. The molecule has 0 amide bonds. The van der Waals surface area contributed by atoms with Crippen molar-refractivity contribution in [2.24, 2.45) is 0 Å². The number of thioether (sulfide) groups is 1. The first-order chi connectivity index (χ1) is 9.06. The number of rotatable bonds is 5. The molecule has 1 aromatic carbocycles. The molecule has 0 saturated heterocycles. The maximum Gasteiger partial charge on any atom is 0.185 e. The highest BCUT2D eigenvalue weighted by Gasteiger charge is 2.17. The van der Waals surface area contributed by atoms with E-state index in [1.807, 2.05) is 31.2 Å². The predicted octanol–water partition coefficient (Wildman–Crippen LogP) is 5.56. The second-order valence-corrected chi connectivity index (χ2v) is 7.53. The zero-order valence-electron chi connectivity index (χ0n) is 10.2. The fourth-order valence-electron chi connectivity index (χ4n) is 1.52. The molecule has 1 atom stereocenters. The van der Waals surface area contributed by atoms with Crippen molar-refractivity contribution < 1.29 is 4.79 Å². The topological polar surface area (TPSA) is 17.1 Å². The SMILES string of the molecule is CC(SCc1ccc(Cl)cc1)C(=O)c1ccc(Cl)s1. The molecule has 0 bridgehead atoms. The third kappa shape index (κ3) is 4.25. The summed E-state index contributed by atoms with van der Waals surface area (Å²) in [5, 5.41) is 0.650. The van der Waals surface area contributed by atoms with Crippen molar-refractivity contribution >= 4 is 52.1 Å². The van der Waals surface area contributed by atoms with Crippen LogP contribution in [0.3, 0.4) is 0 Å². The van der Waals surface area contributed by atoms with Gasteiger partial charge in [-0.2, -0.15) is 0 Å². The molecular weight excluding hydrogens is 319 g/mol. The number of halogens is 2. The van der Waals surface area contributed by atoms with Crippen molar-refractivity contribution in [1.82, 2.24) is 0 Å². The standard InChI is InChI=1S/C14H12Cl2OS2/c1-9(14(17)12-6-7-13(16)19-12)18-8-10-2-4-11(15)5-3-10/h2-7,9H,8H2,1H3. The summed E-state index contributed by atoms with van der Waals surface area (Å²) in [5.74, 6) is 0.930. The first-order valence-corrected chi connectivity index (χ1v) is 8.34. The molecular formula is C14H12Cl2OS2. The fourth-order valence-corrected chi connectivity index (χ4v) is 3.71. The summed E-state index contributed by atoms with van der Waals surface area (Å²) < 4.78 is 0.651. The molecule has 2 rings (SSSR count). The van der Waals surface area contributed by atoms with Crippen LogP contribution in [0.15, 0.2) is 36.4 Å². The molecule has 0 fully saturated rings. The number of Topliss-reactive ketones (excluding diaryl/α,β-unsaturated/α-hetero) is 1. The van der Waals surface area contributed by atoms with Crippen LogP contribution in [0.5, 0.6) is 0 Å². The first kappa shape index (κ1) is 14.9. The van der Waals surface area contributed by atoms with Gasteiger partial charge in [-0.05, 0) is 36.8 Å². The van der Waals surface area contributed by atoms with E-state index >= 15 is 0 Å². The Labute approximate surface area is 130 Å². The Bertz CT molecular complexity index is 563. The van der Waals surface area contributed by atoms with E-state index in [2.05, 4.69) is 0 Å². The van der Waals surface area contributed by atoms with Crippen molar-refractivity contribution in [1.29, 1.82) is 0 Å². The number of hydrogen-bond acceptors (Lipinski definition) is 3. The average molecular weight is 331 g/mol. The zero-order chi connectivity index (χ0) is 13.8. The largest absolute Gasteiger partial charge is 0.292 e. The van der Waals surface area contributed by atoms with E-state index in [1.54, 1.807) is 23.9 Å². The molecule has 5 heteroatoms. The summed E-state index contributed by atoms with van der Waals surface area (Å²) in [6, 6.07) is 11.2. The van der Waals surface area contributed by atoms with E-state index < -0.39 is 0 Å². The minimum Gasteiger partial charge on any atom is -0.292 e. The van der Waals surface area contributed by atoms with Crippen LogP contribution in [0, 0.1) is 0 Å². The van der Waals surface area contributed by atoms with Gasteiger partial charge in [-0.25, -0.2) is 0 Å². The van der Waals surface area contributed by atoms with E-state index in [1.165, 1.54) is 16.9 Å². The van der Waals surface area contributed by atoms with Crippen LogP contribution in [0.1, 0.15) is 22.2 Å². The molecule has 0 N–H and O–H groups in total. The summed E-state index contributed by atoms with van der Waals surface area (Å²) in [5.41, 5.74) is 1.17. The Morgan fingerprint density at radius 1 is 1.21 bits per heavy atom. The maximum atomic E-state index is 12.1. The summed E-state index contributed by atoms with van der Waals surface area (Å²) in [6.45, 7) is 1.93. The molecule has 19 heavy (non-hydrogen) atoms. The summed E-state index contributed by atoms with van der Waals surface area (Å²) in [7, 11) is 0. The van der Waals surface area contributed by atoms with E-state index in [0.717, 1.165) is 15.7 Å². The highest BCUT2D eigenvalue weighted by Crippen LogP contribution is 2.27. The van der Waals surface area contributed by atoms with Crippen LogP contribution in [0.25, 0.3) is 0 Å². The monoisotopic (exact) mass is 330 g/mol. The number of carbonyl (C=O) groups is 1. The molecule has 100 valence electrons. The van der Waals surface area contributed by atoms with Gasteiger partial charge in [0.2, 0.25) is 0 Å². The van der Waals surface area contributed by atoms with Crippen molar-refractivity contribution in [3.8, 4) is 0 Å². The molecule has 0 saturated carbocycles. The van der Waals surface area contributed by atoms with Crippen LogP contribution < -0.4 is 0 Å². The number of ketones is 1. The molecule has 0 aliphatic heterocycles. The summed E-state index contributed by atoms with van der Waals surface area (Å²) in [6.07, 6.45) is 0. The van der Waals surface area contributed by atoms with Gasteiger partial charge < -0.3 is 0 Å². The molecule has 1 unspecified atom stereocenters. The molecule has 0 radical (unpaired) electrons. The average Bonchev–Trinajstić information content (AvgIpc) is 2.83. The lowest BCUT2D eigenvalue weighted by Crippen LogP contribution is -2.12. The van der Waals surface area contributed by atoms with Crippen molar-refractivity contribution in [2.45, 2.75) is 17.9 Å². The number of hydrogen-bond donors (Lipinski definition) is 0. The molecule has 1 heterocycles. The number of thiophene rings is 1. The van der Waals surface area contributed by atoms with Gasteiger partial charge in [-0.3, -0.25) is 4.79 Å². The highest BCUT2D eigenvalue weighted by atomic mass is 35.5. The van der Waals surface area contributed by atoms with Crippen LogP contribution >= 0.6 is 46.3 Å². The van der Waals surface area contributed by atoms with Crippen LogP contribution in [-0.2, 0) is 5.75 Å². The van der Waals surface area contributed by atoms with Crippen LogP contribution in [-0.4, -0.2) is 11.0 Å². The molecule has 1 nitrogen and oxygen atoms in total. The molecule has 1 aromatic heterocycles. The lowest BCUT2D eigenvalue weighted by Gasteiger charge is -2.09. The first-order valence-electron chi connectivity index (χ1n) is 5.72. The molecule has 0 aliphatic rings. The smallest absolute Gasteiger partial charge is 0.185 e. The zero-order valence-corrected chi connectivity index (χ0v) is 13.4. The lowest BCUT2D eigenvalue weighted by molar-refractivity contribution is 0.0998. The van der Waals surface area contributed by atoms with Crippen LogP contribution in [0.4, 0.5) is 0 Å². The third-order valence-corrected chi connectivity index (χ3v) is 5.31. The number of carbonyl (C=O) groups excluding carboxylic acids is 1. The Morgan fingerprint density at radius 3 is 2.47 bits per heavy atom. The Balaban J connectivity index is 1.92. The van der Waals surface area contributed by atoms with Crippen molar-refractivity contribution in [2.75, 3.05) is 0 Å². The molecule has 0 spiro atoms. The van der Waals surface area contributed by atoms with Gasteiger partial charge in [0.05, 0.1) is 14.5 Å². The molecule has 0 aliphatic carbocycles. The van der Waals surface area contributed by atoms with Gasteiger partial charge >= 0.3 is 0 Å². The van der Waals surface area contributed by atoms with Gasteiger partial charge in [-0.15, -0.1) is 23.1 Å². The van der Waals surface area contributed by atoms with Gasteiger partial charge in [0.1, 0.15) is 0 Å². The van der Waals surface area contributed by atoms with Gasteiger partial charge in [0, 0.05) is 10.8 Å². The van der Waals surface area contributed by atoms with Gasteiger partial charge in [0.15, 0.2) is 5.78 Å². The molecule has 2 aromatic rings. The van der Waals surface area contributed by atoms with E-state index in [0.29, 0.717) is 4.34 Å². The van der Waals surface area contributed by atoms with Crippen molar-refractivity contribution in [3.63, 3.8) is 0 Å². The second kappa shape index (κ2) is 6.80. The minimum atomic E-state index is -0.0783. The lowest BCUT2D eigenvalue weighted by atomic mass is 10.2. The normalized spacial score (nSPS) is 12.4. The Morgan fingerprint density at radius 2 is 1.89 bits per heavy atom. The van der Waals surface area contributed by atoms with E-state index in [9.17, 15) is 4.79 Å². The quantitative estimate of drug-likeness (QED) is 0.667. The third-order valence-electron chi connectivity index (χ3n) is 2.60. The van der Waals surface area contributed by atoms with E-state index in [-0.39, 0.29) is 11.0 Å². The summed E-state index contributed by atoms with van der Waals surface area (Å²) in [4.78, 5) is 12.9. The Kier molecular flexibility index (Phi) is 5.34. The second-order valence-electron chi connectivity index (χ2n) is 4.05. The van der Waals surface area contributed by atoms with Gasteiger partial charge in [-0.1, -0.05) is 35.3 Å². The summed E-state index contributed by atoms with van der Waals surface area (Å²) >= 11 is 14.6. The van der Waals surface area contributed by atoms with Gasteiger partial charge in [0.25, 0.3) is 0 Å².